The number of unbranched alkanes of at least 4 members (excludes halogenated alkanes) is 1. The number of carbonyl (C=O) groups is 1. The van der Waals surface area contributed by atoms with Gasteiger partial charge in [0.05, 0.1) is 6.61 Å². The number of hydrogen-bond donors (Lipinski definition) is 1. The second-order valence-corrected chi connectivity index (χ2v) is 3.74. The van der Waals surface area contributed by atoms with Crippen LogP contribution in [0.3, 0.4) is 0 Å². The van der Waals surface area contributed by atoms with Gasteiger partial charge in [-0.15, -0.1) is 0 Å². The molecule has 4 nitrogen and oxygen atoms in total. The van der Waals surface area contributed by atoms with Gasteiger partial charge < -0.3 is 14.6 Å². The molecule has 1 fully saturated rings. The molecule has 1 N–H and O–H groups in total. The third-order valence-electron chi connectivity index (χ3n) is 2.23. The Kier molecular flexibility index (Phi) is 4.94. The topological polar surface area (TPSA) is 59.1 Å². The molecule has 0 aromatic rings. The summed E-state index contributed by atoms with van der Waals surface area (Å²) in [6.07, 6.45) is 0.854. The summed E-state index contributed by atoms with van der Waals surface area (Å²) in [6, 6.07) is 0. The van der Waals surface area contributed by atoms with E-state index in [1.54, 1.807) is 6.92 Å². The van der Waals surface area contributed by atoms with Crippen LogP contribution in [0.15, 0.2) is 12.2 Å². The highest BCUT2D eigenvalue weighted by Gasteiger charge is 2.38. The molecule has 2 atom stereocenters. The first-order valence-electron chi connectivity index (χ1n) is 5.20. The maximum atomic E-state index is 11.6. The molecule has 86 valence electrons. The van der Waals surface area contributed by atoms with Gasteiger partial charge in [-0.25, -0.2) is 0 Å². The van der Waals surface area contributed by atoms with E-state index in [0.29, 0.717) is 25.2 Å². The first-order valence-corrected chi connectivity index (χ1v) is 5.20. The molecule has 2 unspecified atom stereocenters. The Morgan fingerprint density at radius 2 is 2.33 bits per heavy atom. The van der Waals surface area contributed by atoms with Crippen molar-refractivity contribution in [1.82, 2.24) is 0 Å². The average molecular weight is 214 g/mol. The van der Waals surface area contributed by atoms with Crippen LogP contribution >= 0.6 is 0 Å². The molecule has 0 aromatic heterocycles. The fourth-order valence-corrected chi connectivity index (χ4v) is 1.25. The lowest BCUT2D eigenvalue weighted by atomic mass is 10.1. The molecule has 1 saturated heterocycles. The zero-order chi connectivity index (χ0) is 11.3. The van der Waals surface area contributed by atoms with Crippen LogP contribution in [0.5, 0.6) is 0 Å². The van der Waals surface area contributed by atoms with E-state index >= 15 is 0 Å². The van der Waals surface area contributed by atoms with Crippen molar-refractivity contribution in [3.05, 3.63) is 12.2 Å². The van der Waals surface area contributed by atoms with Crippen LogP contribution in [0.2, 0.25) is 0 Å². The highest BCUT2D eigenvalue weighted by atomic mass is 16.6. The van der Waals surface area contributed by atoms with Crippen LogP contribution < -0.4 is 0 Å². The fourth-order valence-electron chi connectivity index (χ4n) is 1.25. The lowest BCUT2D eigenvalue weighted by Gasteiger charge is -2.14. The van der Waals surface area contributed by atoms with Crippen molar-refractivity contribution in [2.24, 2.45) is 0 Å². The van der Waals surface area contributed by atoms with Gasteiger partial charge in [0.25, 0.3) is 0 Å². The fraction of sp³-hybridized carbons (Fsp3) is 0.727. The molecule has 0 amide bonds. The highest BCUT2D eigenvalue weighted by molar-refractivity contribution is 5.98. The molecule has 1 rings (SSSR count). The van der Waals surface area contributed by atoms with Crippen molar-refractivity contribution in [3.8, 4) is 0 Å². The Balaban J connectivity index is 2.31. The van der Waals surface area contributed by atoms with Gasteiger partial charge in [0, 0.05) is 13.2 Å². The number of carbonyl (C=O) groups excluding carboxylic acids is 1. The van der Waals surface area contributed by atoms with Crippen molar-refractivity contribution in [2.75, 3.05) is 19.8 Å². The molecule has 1 aliphatic heterocycles. The minimum absolute atomic E-state index is 0.0819. The summed E-state index contributed by atoms with van der Waals surface area (Å²) in [4.78, 5) is 11.6. The molecule has 0 radical (unpaired) electrons. The Bertz CT molecular complexity index is 233. The highest BCUT2D eigenvalue weighted by Crippen LogP contribution is 2.20. The number of hydrogen-bond acceptors (Lipinski definition) is 4. The number of aliphatic hydroxyl groups excluding tert-OH is 1. The third kappa shape index (κ3) is 4.11. The summed E-state index contributed by atoms with van der Waals surface area (Å²) in [5.74, 6) is -0.0819. The second-order valence-electron chi connectivity index (χ2n) is 3.74. The molecule has 15 heavy (non-hydrogen) atoms. The van der Waals surface area contributed by atoms with Gasteiger partial charge >= 0.3 is 0 Å². The van der Waals surface area contributed by atoms with Crippen molar-refractivity contribution >= 4 is 5.78 Å². The molecular formula is C11H18O4. The van der Waals surface area contributed by atoms with E-state index in [4.69, 9.17) is 14.6 Å². The minimum atomic E-state index is -0.499. The number of ketones is 1. The van der Waals surface area contributed by atoms with Crippen LogP contribution in [-0.2, 0) is 14.3 Å². The molecule has 4 heteroatoms. The lowest BCUT2D eigenvalue weighted by molar-refractivity contribution is -0.128. The van der Waals surface area contributed by atoms with Crippen molar-refractivity contribution in [2.45, 2.75) is 32.0 Å². The van der Waals surface area contributed by atoms with Crippen molar-refractivity contribution in [3.63, 3.8) is 0 Å². The van der Waals surface area contributed by atoms with Gasteiger partial charge in [0.15, 0.2) is 5.78 Å². The van der Waals surface area contributed by atoms with Gasteiger partial charge in [-0.3, -0.25) is 4.79 Å². The summed E-state index contributed by atoms with van der Waals surface area (Å²) < 4.78 is 10.5. The normalized spacial score (nSPS) is 21.1. The summed E-state index contributed by atoms with van der Waals surface area (Å²) in [7, 11) is 0. The third-order valence-corrected chi connectivity index (χ3v) is 2.23. The molecule has 0 aliphatic carbocycles. The number of rotatable bonds is 8. The van der Waals surface area contributed by atoms with E-state index in [9.17, 15) is 4.79 Å². The van der Waals surface area contributed by atoms with Gasteiger partial charge in [-0.1, -0.05) is 6.58 Å². The number of epoxide rings is 1. The van der Waals surface area contributed by atoms with Crippen LogP contribution in [0.1, 0.15) is 19.8 Å². The molecule has 1 aliphatic rings. The Morgan fingerprint density at radius 1 is 1.67 bits per heavy atom. The molecule has 0 aromatic carbocycles. The smallest absolute Gasteiger partial charge is 0.189 e. The van der Waals surface area contributed by atoms with E-state index in [-0.39, 0.29) is 18.5 Å². The number of Topliss-reactive ketones (excluding diaryl/α,β-unsaturated/α-hetero) is 1. The maximum absolute atomic E-state index is 11.6. The summed E-state index contributed by atoms with van der Waals surface area (Å²) in [5.41, 5.74) is 0.498. The Morgan fingerprint density at radius 3 is 2.80 bits per heavy atom. The largest absolute Gasteiger partial charge is 0.396 e. The van der Waals surface area contributed by atoms with Crippen molar-refractivity contribution < 1.29 is 19.4 Å². The summed E-state index contributed by atoms with van der Waals surface area (Å²) in [6.45, 7) is 6.50. The number of aliphatic hydroxyl groups is 1. The zero-order valence-corrected chi connectivity index (χ0v) is 9.07. The van der Waals surface area contributed by atoms with E-state index in [1.165, 1.54) is 0 Å². The minimum Gasteiger partial charge on any atom is -0.396 e. The Labute approximate surface area is 89.9 Å². The van der Waals surface area contributed by atoms with Crippen LogP contribution in [0.4, 0.5) is 0 Å². The average Bonchev–Trinajstić information content (AvgIpc) is 3.01. The summed E-state index contributed by atoms with van der Waals surface area (Å²) >= 11 is 0. The molecule has 0 bridgehead atoms. The predicted octanol–water partition coefficient (Wildman–Crippen LogP) is 0.688. The van der Waals surface area contributed by atoms with Gasteiger partial charge in [-0.2, -0.15) is 0 Å². The zero-order valence-electron chi connectivity index (χ0n) is 9.07. The maximum Gasteiger partial charge on any atom is 0.189 e. The predicted molar refractivity (Wildman–Crippen MR) is 55.6 cm³/mol. The van der Waals surface area contributed by atoms with E-state index in [0.717, 1.165) is 6.42 Å². The first kappa shape index (κ1) is 12.4. The van der Waals surface area contributed by atoms with Crippen LogP contribution in [-0.4, -0.2) is 42.9 Å². The van der Waals surface area contributed by atoms with E-state index in [2.05, 4.69) is 6.58 Å². The van der Waals surface area contributed by atoms with Gasteiger partial charge in [-0.05, 0) is 25.3 Å². The van der Waals surface area contributed by atoms with Gasteiger partial charge in [0.1, 0.15) is 12.2 Å². The quantitative estimate of drug-likeness (QED) is 0.367. The number of ether oxygens (including phenoxy) is 2. The van der Waals surface area contributed by atoms with E-state index < -0.39 is 6.10 Å². The van der Waals surface area contributed by atoms with Gasteiger partial charge in [0.2, 0.25) is 0 Å². The first-order chi connectivity index (χ1) is 7.16. The summed E-state index contributed by atoms with van der Waals surface area (Å²) in [5, 5.41) is 8.59. The van der Waals surface area contributed by atoms with Crippen molar-refractivity contribution in [1.29, 1.82) is 0 Å². The molecule has 0 spiro atoms. The molecule has 1 heterocycles. The van der Waals surface area contributed by atoms with Crippen LogP contribution in [0.25, 0.3) is 0 Å². The SMILES string of the molecule is C=C(C)C(=O)C(OCCCCO)C1CO1. The second kappa shape index (κ2) is 6.00. The Hall–Kier alpha value is -0.710. The lowest BCUT2D eigenvalue weighted by Crippen LogP contribution is -2.30. The molecular weight excluding hydrogens is 196 g/mol. The van der Waals surface area contributed by atoms with Crippen LogP contribution in [0, 0.1) is 0 Å². The standard InChI is InChI=1S/C11H18O4/c1-8(2)10(13)11(9-7-15-9)14-6-4-3-5-12/h9,11-12H,1,3-7H2,2H3. The monoisotopic (exact) mass is 214 g/mol. The molecule has 0 saturated carbocycles. The van der Waals surface area contributed by atoms with E-state index in [1.807, 2.05) is 0 Å².